The fourth-order valence-corrected chi connectivity index (χ4v) is 7.03. The van der Waals surface area contributed by atoms with Gasteiger partial charge in [-0.05, 0) is 12.5 Å². The van der Waals surface area contributed by atoms with Crippen LogP contribution in [0, 0.1) is 0 Å². The molecule has 0 radical (unpaired) electrons. The lowest BCUT2D eigenvalue weighted by molar-refractivity contribution is 1.23. The smallest absolute Gasteiger partial charge is 0.147 e. The predicted molar refractivity (Wildman–Crippen MR) is 135 cm³/mol. The van der Waals surface area contributed by atoms with Gasteiger partial charge in [0, 0.05) is 15.9 Å². The van der Waals surface area contributed by atoms with Crippen molar-refractivity contribution in [2.45, 2.75) is 6.92 Å². The van der Waals surface area contributed by atoms with Gasteiger partial charge in [0.2, 0.25) is 0 Å². The van der Waals surface area contributed by atoms with Crippen molar-refractivity contribution >= 4 is 35.0 Å². The molecule has 0 aliphatic heterocycles. The molecule has 0 N–H and O–H groups in total. The van der Waals surface area contributed by atoms with Crippen LogP contribution < -0.4 is 15.9 Å². The monoisotopic (exact) mass is 421 g/mol. The lowest BCUT2D eigenvalue weighted by Crippen LogP contribution is -2.26. The number of hydrogen-bond acceptors (Lipinski definition) is 2. The van der Waals surface area contributed by atoms with Crippen molar-refractivity contribution in [3.63, 3.8) is 0 Å². The summed E-state index contributed by atoms with van der Waals surface area (Å²) < 4.78 is 5.30. The van der Waals surface area contributed by atoms with Crippen molar-refractivity contribution in [2.24, 2.45) is 14.9 Å². The SMILES string of the molecule is C/C(N=P(c1ccccc1)(c1ccccc1)c1ccccc1)=N/N=C/c1ccccc1. The molecule has 0 fully saturated rings. The van der Waals surface area contributed by atoms with E-state index in [9.17, 15) is 0 Å². The Hall–Kier alpha value is -3.55. The third-order valence-corrected chi connectivity index (χ3v) is 8.62. The zero-order valence-electron chi connectivity index (χ0n) is 17.4. The molecule has 152 valence electrons. The second-order valence-electron chi connectivity index (χ2n) is 7.04. The van der Waals surface area contributed by atoms with Gasteiger partial charge < -0.3 is 0 Å². The molecule has 4 aromatic rings. The lowest BCUT2D eigenvalue weighted by atomic mass is 10.2. The van der Waals surface area contributed by atoms with Crippen LogP contribution in [0.25, 0.3) is 0 Å². The fraction of sp³-hybridized carbons (Fsp3) is 0.0370. The minimum Gasteiger partial charge on any atom is -0.237 e. The first kappa shape index (κ1) is 20.7. The first-order valence-corrected chi connectivity index (χ1v) is 11.9. The van der Waals surface area contributed by atoms with Crippen LogP contribution in [-0.2, 0) is 0 Å². The van der Waals surface area contributed by atoms with Crippen LogP contribution in [0.2, 0.25) is 0 Å². The average molecular weight is 421 g/mol. The van der Waals surface area contributed by atoms with Crippen LogP contribution in [0.4, 0.5) is 0 Å². The highest BCUT2D eigenvalue weighted by atomic mass is 31.2. The molecule has 4 heteroatoms. The minimum atomic E-state index is -2.30. The molecule has 0 bridgehead atoms. The molecule has 31 heavy (non-hydrogen) atoms. The Morgan fingerprint density at radius 2 is 0.968 bits per heavy atom. The Morgan fingerprint density at radius 3 is 1.39 bits per heavy atom. The standard InChI is InChI=1S/C27H24N3P/c1-23(29-28-22-24-14-6-2-7-15-24)30-31(25-16-8-3-9-17-25,26-18-10-4-11-19-26)27-20-12-5-13-21-27/h2-22H,1H3/b28-22+,29-23-. The van der Waals surface area contributed by atoms with Crippen LogP contribution in [0.15, 0.2) is 136 Å². The van der Waals surface area contributed by atoms with Crippen LogP contribution >= 0.6 is 7.05 Å². The highest BCUT2D eigenvalue weighted by Gasteiger charge is 2.27. The molecule has 0 aromatic heterocycles. The number of amidine groups is 1. The van der Waals surface area contributed by atoms with E-state index < -0.39 is 7.05 Å². The Kier molecular flexibility index (Phi) is 6.66. The summed E-state index contributed by atoms with van der Waals surface area (Å²) in [6, 6.07) is 41.5. The molecule has 4 rings (SSSR count). The Morgan fingerprint density at radius 1 is 0.581 bits per heavy atom. The summed E-state index contributed by atoms with van der Waals surface area (Å²) in [7, 11) is -2.30. The van der Waals surface area contributed by atoms with E-state index in [1.165, 1.54) is 15.9 Å². The van der Waals surface area contributed by atoms with E-state index in [2.05, 4.69) is 83.0 Å². The van der Waals surface area contributed by atoms with Gasteiger partial charge in [0.05, 0.1) is 13.3 Å². The summed E-state index contributed by atoms with van der Waals surface area (Å²) in [6.45, 7) is 1.92. The first-order chi connectivity index (χ1) is 15.3. The largest absolute Gasteiger partial charge is 0.237 e. The lowest BCUT2D eigenvalue weighted by Gasteiger charge is -2.26. The van der Waals surface area contributed by atoms with Gasteiger partial charge >= 0.3 is 0 Å². The first-order valence-electron chi connectivity index (χ1n) is 10.2. The maximum Gasteiger partial charge on any atom is 0.147 e. The molecular weight excluding hydrogens is 397 g/mol. The molecule has 0 saturated heterocycles. The van der Waals surface area contributed by atoms with Gasteiger partial charge in [-0.25, -0.2) is 4.74 Å². The van der Waals surface area contributed by atoms with Crippen molar-refractivity contribution in [1.82, 2.24) is 0 Å². The third-order valence-electron chi connectivity index (χ3n) is 4.89. The topological polar surface area (TPSA) is 37.1 Å². The van der Waals surface area contributed by atoms with E-state index in [4.69, 9.17) is 4.74 Å². The van der Waals surface area contributed by atoms with Crippen molar-refractivity contribution < 1.29 is 0 Å². The zero-order valence-corrected chi connectivity index (χ0v) is 18.3. The molecule has 0 saturated carbocycles. The predicted octanol–water partition coefficient (Wildman–Crippen LogP) is 5.62. The average Bonchev–Trinajstić information content (AvgIpc) is 2.85. The number of rotatable bonds is 5. The van der Waals surface area contributed by atoms with Gasteiger partial charge in [0.15, 0.2) is 0 Å². The normalized spacial score (nSPS) is 12.1. The third kappa shape index (κ3) is 4.79. The molecule has 0 aliphatic rings. The Bertz CT molecular complexity index is 1110. The maximum absolute atomic E-state index is 5.30. The molecule has 0 unspecified atom stereocenters. The van der Waals surface area contributed by atoms with Crippen molar-refractivity contribution in [1.29, 1.82) is 0 Å². The number of nitrogens with zero attached hydrogens (tertiary/aromatic N) is 3. The minimum absolute atomic E-state index is 0.650. The highest BCUT2D eigenvalue weighted by Crippen LogP contribution is 2.46. The second-order valence-corrected chi connectivity index (χ2v) is 10.1. The van der Waals surface area contributed by atoms with Gasteiger partial charge in [-0.3, -0.25) is 0 Å². The van der Waals surface area contributed by atoms with Crippen LogP contribution in [0.5, 0.6) is 0 Å². The molecule has 0 aliphatic carbocycles. The molecular formula is C27H24N3P. The number of hydrogen-bond donors (Lipinski definition) is 0. The van der Waals surface area contributed by atoms with Crippen LogP contribution in [-0.4, -0.2) is 12.1 Å². The summed E-state index contributed by atoms with van der Waals surface area (Å²) in [6.07, 6.45) is 1.76. The summed E-state index contributed by atoms with van der Waals surface area (Å²) in [5, 5.41) is 12.3. The summed E-state index contributed by atoms with van der Waals surface area (Å²) in [4.78, 5) is 0. The van der Waals surface area contributed by atoms with E-state index in [0.29, 0.717) is 5.84 Å². The Labute approximate surface area is 183 Å². The van der Waals surface area contributed by atoms with Gasteiger partial charge in [0.25, 0.3) is 0 Å². The Balaban J connectivity index is 1.91. The molecule has 4 aromatic carbocycles. The molecule has 0 heterocycles. The van der Waals surface area contributed by atoms with Crippen molar-refractivity contribution in [3.05, 3.63) is 127 Å². The van der Waals surface area contributed by atoms with E-state index in [-0.39, 0.29) is 0 Å². The van der Waals surface area contributed by atoms with Crippen LogP contribution in [0.1, 0.15) is 12.5 Å². The second kappa shape index (κ2) is 9.97. The van der Waals surface area contributed by atoms with Crippen LogP contribution in [0.3, 0.4) is 0 Å². The van der Waals surface area contributed by atoms with E-state index in [0.717, 1.165) is 5.56 Å². The van der Waals surface area contributed by atoms with Crippen molar-refractivity contribution in [3.8, 4) is 0 Å². The fourth-order valence-electron chi connectivity index (χ4n) is 3.51. The molecule has 3 nitrogen and oxygen atoms in total. The van der Waals surface area contributed by atoms with Gasteiger partial charge in [0.1, 0.15) is 5.84 Å². The highest BCUT2D eigenvalue weighted by molar-refractivity contribution is 7.87. The molecule has 0 spiro atoms. The van der Waals surface area contributed by atoms with E-state index >= 15 is 0 Å². The zero-order chi connectivity index (χ0) is 21.4. The maximum atomic E-state index is 5.30. The molecule has 0 atom stereocenters. The molecule has 0 amide bonds. The summed E-state index contributed by atoms with van der Waals surface area (Å²) >= 11 is 0. The van der Waals surface area contributed by atoms with Gasteiger partial charge in [-0.2, -0.15) is 5.10 Å². The summed E-state index contributed by atoms with van der Waals surface area (Å²) in [5.41, 5.74) is 1.01. The van der Waals surface area contributed by atoms with Gasteiger partial charge in [-0.15, -0.1) is 5.10 Å². The number of benzene rings is 4. The van der Waals surface area contributed by atoms with Gasteiger partial charge in [-0.1, -0.05) is 121 Å². The van der Waals surface area contributed by atoms with E-state index in [1.807, 2.05) is 55.5 Å². The quantitative estimate of drug-likeness (QED) is 0.174. The van der Waals surface area contributed by atoms with Crippen molar-refractivity contribution in [2.75, 3.05) is 0 Å². The summed E-state index contributed by atoms with van der Waals surface area (Å²) in [5.74, 6) is 0.650. The van der Waals surface area contributed by atoms with E-state index in [1.54, 1.807) is 6.21 Å².